The van der Waals surface area contributed by atoms with E-state index in [0.717, 1.165) is 11.5 Å². The fourth-order valence-electron chi connectivity index (χ4n) is 2.46. The Morgan fingerprint density at radius 3 is 3.04 bits per heavy atom. The van der Waals surface area contributed by atoms with Crippen LogP contribution in [0, 0.1) is 0 Å². The number of aryl methyl sites for hydroxylation is 1. The molecule has 0 atom stereocenters. The highest BCUT2D eigenvalue weighted by Crippen LogP contribution is 2.17. The maximum atomic E-state index is 11.9. The molecule has 0 saturated carbocycles. The second kappa shape index (κ2) is 7.03. The molecule has 2 aliphatic heterocycles. The number of fused-ring (bicyclic) bond motifs is 1. The number of rotatable bonds is 7. The highest BCUT2D eigenvalue weighted by atomic mass is 16.2. The zero-order chi connectivity index (χ0) is 16.1. The van der Waals surface area contributed by atoms with Crippen molar-refractivity contribution >= 4 is 30.3 Å². The van der Waals surface area contributed by atoms with Crippen molar-refractivity contribution in [3.63, 3.8) is 0 Å². The first-order chi connectivity index (χ1) is 11.2. The van der Waals surface area contributed by atoms with Crippen LogP contribution in [0.5, 0.6) is 0 Å². The maximum absolute atomic E-state index is 11.9. The molecule has 2 N–H and O–H groups in total. The largest absolute Gasteiger partial charge is 0.356 e. The van der Waals surface area contributed by atoms with E-state index in [1.165, 1.54) is 0 Å². The summed E-state index contributed by atoms with van der Waals surface area (Å²) in [5.74, 6) is 0.898. The first-order valence-corrected chi connectivity index (χ1v) is 7.59. The van der Waals surface area contributed by atoms with Gasteiger partial charge in [0.25, 0.3) is 0 Å². The van der Waals surface area contributed by atoms with Gasteiger partial charge in [-0.3, -0.25) is 19.6 Å². The lowest BCUT2D eigenvalue weighted by Gasteiger charge is -2.13. The fourth-order valence-corrected chi connectivity index (χ4v) is 2.46. The molecule has 0 unspecified atom stereocenters. The van der Waals surface area contributed by atoms with E-state index in [-0.39, 0.29) is 18.4 Å². The van der Waals surface area contributed by atoms with Crippen LogP contribution in [-0.2, 0) is 22.7 Å². The van der Waals surface area contributed by atoms with Crippen LogP contribution in [-0.4, -0.2) is 58.6 Å². The Kier molecular flexibility index (Phi) is 4.65. The van der Waals surface area contributed by atoms with Crippen molar-refractivity contribution in [3.05, 3.63) is 12.0 Å². The molecule has 3 heterocycles. The molecule has 9 nitrogen and oxygen atoms in total. The summed E-state index contributed by atoms with van der Waals surface area (Å²) >= 11 is 0. The number of anilines is 1. The lowest BCUT2D eigenvalue weighted by atomic mass is 10.3. The standard InChI is InChI=1S/C14H19N7O2/c22-12(17-3-1-4-20-9-16-7-13(20)23)2-5-21-10-19-11-6-15-8-18-14(11)21/h8-10H,1-7H2,(H,15,18)(H,17,22). The van der Waals surface area contributed by atoms with Gasteiger partial charge in [-0.2, -0.15) is 0 Å². The van der Waals surface area contributed by atoms with Crippen molar-refractivity contribution in [3.8, 4) is 0 Å². The molecular weight excluding hydrogens is 298 g/mol. The molecule has 0 aromatic carbocycles. The van der Waals surface area contributed by atoms with Crippen LogP contribution in [0.4, 0.5) is 5.82 Å². The van der Waals surface area contributed by atoms with E-state index in [9.17, 15) is 9.59 Å². The molecule has 0 aliphatic carbocycles. The predicted octanol–water partition coefficient (Wildman–Crippen LogP) is -0.396. The molecule has 0 bridgehead atoms. The molecule has 9 heteroatoms. The molecule has 0 radical (unpaired) electrons. The summed E-state index contributed by atoms with van der Waals surface area (Å²) in [6.45, 7) is 2.50. The van der Waals surface area contributed by atoms with Crippen molar-refractivity contribution in [2.45, 2.75) is 25.9 Å². The smallest absolute Gasteiger partial charge is 0.249 e. The highest BCUT2D eigenvalue weighted by molar-refractivity contribution is 5.93. The van der Waals surface area contributed by atoms with Gasteiger partial charge in [-0.1, -0.05) is 0 Å². The van der Waals surface area contributed by atoms with Gasteiger partial charge in [0.1, 0.15) is 18.1 Å². The number of carbonyl (C=O) groups is 2. The van der Waals surface area contributed by atoms with Crippen LogP contribution in [0.3, 0.4) is 0 Å². The monoisotopic (exact) mass is 317 g/mol. The van der Waals surface area contributed by atoms with Crippen molar-refractivity contribution < 1.29 is 9.59 Å². The summed E-state index contributed by atoms with van der Waals surface area (Å²) in [5, 5.41) is 5.91. The topological polar surface area (TPSA) is 104 Å². The first-order valence-electron chi connectivity index (χ1n) is 7.59. The summed E-state index contributed by atoms with van der Waals surface area (Å²) in [6, 6.07) is 0. The van der Waals surface area contributed by atoms with Crippen LogP contribution in [0.25, 0.3) is 0 Å². The minimum absolute atomic E-state index is 0.0113. The van der Waals surface area contributed by atoms with Crippen molar-refractivity contribution in [1.82, 2.24) is 19.8 Å². The van der Waals surface area contributed by atoms with Gasteiger partial charge in [-0.05, 0) is 6.42 Å². The minimum Gasteiger partial charge on any atom is -0.356 e. The SMILES string of the molecule is O=C(CCn1cnc2c1NC=NC2)NCCCN1C=NCC1=O. The van der Waals surface area contributed by atoms with Gasteiger partial charge >= 0.3 is 0 Å². The molecule has 122 valence electrons. The number of aromatic nitrogens is 2. The van der Waals surface area contributed by atoms with Crippen LogP contribution in [0.1, 0.15) is 18.5 Å². The number of nitrogens with one attached hydrogen (secondary N) is 2. The lowest BCUT2D eigenvalue weighted by Crippen LogP contribution is -2.31. The van der Waals surface area contributed by atoms with Crippen LogP contribution in [0.15, 0.2) is 16.3 Å². The van der Waals surface area contributed by atoms with E-state index >= 15 is 0 Å². The Balaban J connectivity index is 1.35. The maximum Gasteiger partial charge on any atom is 0.249 e. The number of carbonyl (C=O) groups excluding carboxylic acids is 2. The van der Waals surface area contributed by atoms with Crippen molar-refractivity contribution in [2.75, 3.05) is 25.0 Å². The first kappa shape index (κ1) is 15.2. The number of amides is 2. The predicted molar refractivity (Wildman–Crippen MR) is 85.4 cm³/mol. The van der Waals surface area contributed by atoms with Crippen LogP contribution < -0.4 is 10.6 Å². The molecule has 1 aromatic rings. The second-order valence-corrected chi connectivity index (χ2v) is 5.34. The zero-order valence-electron chi connectivity index (χ0n) is 12.7. The van der Waals surface area contributed by atoms with Gasteiger partial charge < -0.3 is 20.1 Å². The molecule has 2 amide bonds. The quantitative estimate of drug-likeness (QED) is 0.668. The van der Waals surface area contributed by atoms with Gasteiger partial charge in [0.2, 0.25) is 11.8 Å². The van der Waals surface area contributed by atoms with E-state index in [0.29, 0.717) is 39.0 Å². The van der Waals surface area contributed by atoms with Crippen LogP contribution >= 0.6 is 0 Å². The van der Waals surface area contributed by atoms with E-state index in [1.807, 2.05) is 4.57 Å². The number of hydrogen-bond donors (Lipinski definition) is 2. The van der Waals surface area contributed by atoms with Gasteiger partial charge in [-0.15, -0.1) is 0 Å². The van der Waals surface area contributed by atoms with E-state index in [1.54, 1.807) is 23.9 Å². The third-order valence-corrected chi connectivity index (χ3v) is 3.69. The normalized spacial score (nSPS) is 15.7. The molecule has 0 spiro atoms. The Labute approximate surface area is 133 Å². The van der Waals surface area contributed by atoms with E-state index in [4.69, 9.17) is 0 Å². The van der Waals surface area contributed by atoms with E-state index in [2.05, 4.69) is 25.6 Å². The Morgan fingerprint density at radius 2 is 2.22 bits per heavy atom. The third kappa shape index (κ3) is 3.74. The van der Waals surface area contributed by atoms with E-state index < -0.39 is 0 Å². The van der Waals surface area contributed by atoms with Gasteiger partial charge in [0.15, 0.2) is 0 Å². The summed E-state index contributed by atoms with van der Waals surface area (Å²) in [7, 11) is 0. The molecule has 23 heavy (non-hydrogen) atoms. The average molecular weight is 317 g/mol. The molecule has 1 aromatic heterocycles. The lowest BCUT2D eigenvalue weighted by molar-refractivity contribution is -0.124. The Morgan fingerprint density at radius 1 is 1.30 bits per heavy atom. The molecule has 0 fully saturated rings. The summed E-state index contributed by atoms with van der Waals surface area (Å²) in [6.07, 6.45) is 6.01. The van der Waals surface area contributed by atoms with Crippen LogP contribution in [0.2, 0.25) is 0 Å². The zero-order valence-corrected chi connectivity index (χ0v) is 12.7. The highest BCUT2D eigenvalue weighted by Gasteiger charge is 2.15. The molecular formula is C14H19N7O2. The molecule has 0 saturated heterocycles. The second-order valence-electron chi connectivity index (χ2n) is 5.34. The molecule has 2 aliphatic rings. The Hall–Kier alpha value is -2.71. The number of aliphatic imine (C=N–C) groups is 2. The fraction of sp³-hybridized carbons (Fsp3) is 0.500. The third-order valence-electron chi connectivity index (χ3n) is 3.69. The number of nitrogens with zero attached hydrogens (tertiary/aromatic N) is 5. The van der Waals surface area contributed by atoms with Crippen molar-refractivity contribution in [2.24, 2.45) is 9.98 Å². The van der Waals surface area contributed by atoms with Gasteiger partial charge in [0.05, 0.1) is 25.5 Å². The minimum atomic E-state index is -0.0154. The number of hydrogen-bond acceptors (Lipinski definition) is 6. The summed E-state index contributed by atoms with van der Waals surface area (Å²) in [4.78, 5) is 37.0. The van der Waals surface area contributed by atoms with Gasteiger partial charge in [-0.25, -0.2) is 4.98 Å². The summed E-state index contributed by atoms with van der Waals surface area (Å²) in [5.41, 5.74) is 0.893. The molecule has 3 rings (SSSR count). The summed E-state index contributed by atoms with van der Waals surface area (Å²) < 4.78 is 1.92. The Bertz CT molecular complexity index is 650. The number of imidazole rings is 1. The average Bonchev–Trinajstić information content (AvgIpc) is 3.16. The van der Waals surface area contributed by atoms with Crippen molar-refractivity contribution in [1.29, 1.82) is 0 Å². The van der Waals surface area contributed by atoms with Gasteiger partial charge in [0, 0.05) is 26.1 Å².